The van der Waals surface area contributed by atoms with Crippen molar-refractivity contribution in [2.75, 3.05) is 0 Å². The standard InChI is InChI=1S/C10H13N3O5/c11-13-10(18)6-1-5(3-12-4-6)9(17)7(14)2-8(15)16/h1,3-4,7,9,14,17H,2,11H2,(H,13,18)(H,15,16). The summed E-state index contributed by atoms with van der Waals surface area (Å²) in [5.74, 6) is 3.09. The Hall–Kier alpha value is -2.03. The van der Waals surface area contributed by atoms with Gasteiger partial charge in [-0.3, -0.25) is 20.0 Å². The van der Waals surface area contributed by atoms with Crippen molar-refractivity contribution < 1.29 is 24.9 Å². The lowest BCUT2D eigenvalue weighted by Gasteiger charge is -2.16. The fourth-order valence-corrected chi connectivity index (χ4v) is 1.34. The van der Waals surface area contributed by atoms with Crippen LogP contribution in [0.25, 0.3) is 0 Å². The van der Waals surface area contributed by atoms with Gasteiger partial charge in [-0.1, -0.05) is 0 Å². The maximum absolute atomic E-state index is 11.2. The van der Waals surface area contributed by atoms with Crippen molar-refractivity contribution in [1.29, 1.82) is 0 Å². The third-order valence-electron chi connectivity index (χ3n) is 2.24. The molecule has 0 fully saturated rings. The second-order valence-corrected chi connectivity index (χ2v) is 3.59. The molecule has 8 heteroatoms. The maximum Gasteiger partial charge on any atom is 0.306 e. The summed E-state index contributed by atoms with van der Waals surface area (Å²) in [6.45, 7) is 0. The molecule has 98 valence electrons. The molecule has 0 saturated heterocycles. The van der Waals surface area contributed by atoms with Gasteiger partial charge in [0.05, 0.1) is 18.1 Å². The molecule has 8 nitrogen and oxygen atoms in total. The van der Waals surface area contributed by atoms with Crippen molar-refractivity contribution in [3.63, 3.8) is 0 Å². The number of nitrogens with one attached hydrogen (secondary N) is 1. The molecule has 1 aromatic rings. The van der Waals surface area contributed by atoms with E-state index in [1.165, 1.54) is 18.5 Å². The van der Waals surface area contributed by atoms with Gasteiger partial charge in [0.25, 0.3) is 5.91 Å². The Morgan fingerprint density at radius 3 is 2.61 bits per heavy atom. The van der Waals surface area contributed by atoms with Gasteiger partial charge in [0, 0.05) is 18.0 Å². The van der Waals surface area contributed by atoms with Crippen LogP contribution in [-0.2, 0) is 4.79 Å². The van der Waals surface area contributed by atoms with Gasteiger partial charge in [0.1, 0.15) is 6.10 Å². The van der Waals surface area contributed by atoms with E-state index in [1.54, 1.807) is 0 Å². The number of hydrogen-bond donors (Lipinski definition) is 5. The number of rotatable bonds is 5. The molecule has 1 heterocycles. The van der Waals surface area contributed by atoms with Crippen LogP contribution < -0.4 is 11.3 Å². The maximum atomic E-state index is 11.2. The predicted molar refractivity (Wildman–Crippen MR) is 59.1 cm³/mol. The average Bonchev–Trinajstić information content (AvgIpc) is 2.36. The van der Waals surface area contributed by atoms with E-state index in [2.05, 4.69) is 4.98 Å². The van der Waals surface area contributed by atoms with E-state index in [1.807, 2.05) is 5.43 Å². The molecule has 0 aromatic carbocycles. The van der Waals surface area contributed by atoms with E-state index in [9.17, 15) is 19.8 Å². The smallest absolute Gasteiger partial charge is 0.306 e. The second-order valence-electron chi connectivity index (χ2n) is 3.59. The monoisotopic (exact) mass is 255 g/mol. The Bertz CT molecular complexity index is 451. The molecule has 6 N–H and O–H groups in total. The van der Waals surface area contributed by atoms with Crippen molar-refractivity contribution in [2.45, 2.75) is 18.6 Å². The van der Waals surface area contributed by atoms with Crippen LogP contribution in [0.5, 0.6) is 0 Å². The zero-order valence-electron chi connectivity index (χ0n) is 9.28. The molecule has 1 rings (SSSR count). The largest absolute Gasteiger partial charge is 0.481 e. The van der Waals surface area contributed by atoms with E-state index >= 15 is 0 Å². The van der Waals surface area contributed by atoms with E-state index in [0.717, 1.165) is 0 Å². The molecule has 1 aromatic heterocycles. The van der Waals surface area contributed by atoms with Gasteiger partial charge >= 0.3 is 5.97 Å². The summed E-state index contributed by atoms with van der Waals surface area (Å²) in [5, 5.41) is 27.6. The highest BCUT2D eigenvalue weighted by Crippen LogP contribution is 2.19. The van der Waals surface area contributed by atoms with Gasteiger partial charge in [-0.25, -0.2) is 5.84 Å². The predicted octanol–water partition coefficient (Wildman–Crippen LogP) is -1.45. The topological polar surface area (TPSA) is 146 Å². The van der Waals surface area contributed by atoms with Gasteiger partial charge in [0.15, 0.2) is 0 Å². The number of carboxylic acids is 1. The van der Waals surface area contributed by atoms with E-state index in [4.69, 9.17) is 10.9 Å². The van der Waals surface area contributed by atoms with Gasteiger partial charge < -0.3 is 15.3 Å². The molecule has 0 bridgehead atoms. The molecule has 0 radical (unpaired) electrons. The van der Waals surface area contributed by atoms with E-state index in [-0.39, 0.29) is 11.1 Å². The first-order valence-corrected chi connectivity index (χ1v) is 4.99. The van der Waals surface area contributed by atoms with Crippen LogP contribution in [0, 0.1) is 0 Å². The number of nitrogen functional groups attached to an aromatic ring is 1. The van der Waals surface area contributed by atoms with Gasteiger partial charge in [0.2, 0.25) is 0 Å². The molecule has 0 saturated carbocycles. The third-order valence-corrected chi connectivity index (χ3v) is 2.24. The highest BCUT2D eigenvalue weighted by Gasteiger charge is 2.22. The molecular formula is C10H13N3O5. The first-order valence-electron chi connectivity index (χ1n) is 4.99. The molecule has 18 heavy (non-hydrogen) atoms. The number of hydrogen-bond acceptors (Lipinski definition) is 6. The first kappa shape index (κ1) is 14.0. The number of nitrogens with two attached hydrogens (primary N) is 1. The van der Waals surface area contributed by atoms with Crippen molar-refractivity contribution >= 4 is 11.9 Å². The van der Waals surface area contributed by atoms with Crippen LogP contribution in [-0.4, -0.2) is 38.3 Å². The average molecular weight is 255 g/mol. The normalized spacial score (nSPS) is 13.7. The number of carbonyl (C=O) groups excluding carboxylic acids is 1. The summed E-state index contributed by atoms with van der Waals surface area (Å²) in [4.78, 5) is 25.3. The lowest BCUT2D eigenvalue weighted by molar-refractivity contribution is -0.141. The number of nitrogens with zero attached hydrogens (tertiary/aromatic N) is 1. The van der Waals surface area contributed by atoms with Crippen LogP contribution in [0.2, 0.25) is 0 Å². The van der Waals surface area contributed by atoms with Crippen LogP contribution in [0.3, 0.4) is 0 Å². The van der Waals surface area contributed by atoms with Gasteiger partial charge in [-0.2, -0.15) is 0 Å². The Balaban J connectivity index is 2.89. The van der Waals surface area contributed by atoms with Crippen molar-refractivity contribution in [3.8, 4) is 0 Å². The van der Waals surface area contributed by atoms with E-state index < -0.39 is 30.5 Å². The number of amides is 1. The van der Waals surface area contributed by atoms with Gasteiger partial charge in [-0.05, 0) is 6.07 Å². The van der Waals surface area contributed by atoms with E-state index in [0.29, 0.717) is 0 Å². The number of hydrazine groups is 1. The number of carboxylic acid groups (broad SMARTS) is 1. The molecule has 2 atom stereocenters. The molecule has 1 amide bonds. The Labute approximate surface area is 102 Å². The minimum absolute atomic E-state index is 0.0941. The van der Waals surface area contributed by atoms with Gasteiger partial charge in [-0.15, -0.1) is 0 Å². The molecule has 0 spiro atoms. The molecule has 0 aliphatic rings. The fourth-order valence-electron chi connectivity index (χ4n) is 1.34. The van der Waals surface area contributed by atoms with Crippen LogP contribution >= 0.6 is 0 Å². The molecule has 2 unspecified atom stereocenters. The van der Waals surface area contributed by atoms with Crippen LogP contribution in [0.1, 0.15) is 28.4 Å². The highest BCUT2D eigenvalue weighted by atomic mass is 16.4. The summed E-state index contributed by atoms with van der Waals surface area (Å²) in [7, 11) is 0. The Kier molecular flexibility index (Phi) is 4.72. The number of carbonyl (C=O) groups is 2. The second kappa shape index (κ2) is 6.05. The molecular weight excluding hydrogens is 242 g/mol. The third kappa shape index (κ3) is 3.48. The number of pyridine rings is 1. The van der Waals surface area contributed by atoms with Crippen LogP contribution in [0.15, 0.2) is 18.5 Å². The Morgan fingerprint density at radius 2 is 2.06 bits per heavy atom. The minimum Gasteiger partial charge on any atom is -0.481 e. The lowest BCUT2D eigenvalue weighted by Crippen LogP contribution is -2.30. The number of aromatic nitrogens is 1. The lowest BCUT2D eigenvalue weighted by atomic mass is 10.0. The summed E-state index contributed by atoms with van der Waals surface area (Å²) in [6.07, 6.45) is -1.10. The number of aliphatic hydroxyl groups is 2. The van der Waals surface area contributed by atoms with Crippen molar-refractivity contribution in [2.24, 2.45) is 5.84 Å². The molecule has 0 aliphatic carbocycles. The highest BCUT2D eigenvalue weighted by molar-refractivity contribution is 5.93. The number of aliphatic hydroxyl groups excluding tert-OH is 2. The summed E-state index contributed by atoms with van der Waals surface area (Å²) >= 11 is 0. The van der Waals surface area contributed by atoms with Crippen molar-refractivity contribution in [3.05, 3.63) is 29.6 Å². The number of aliphatic carboxylic acids is 1. The zero-order chi connectivity index (χ0) is 13.7. The zero-order valence-corrected chi connectivity index (χ0v) is 9.28. The summed E-state index contributed by atoms with van der Waals surface area (Å²) < 4.78 is 0. The van der Waals surface area contributed by atoms with Crippen molar-refractivity contribution in [1.82, 2.24) is 10.4 Å². The first-order chi connectivity index (χ1) is 8.45. The fraction of sp³-hybridized carbons (Fsp3) is 0.300. The SMILES string of the molecule is NNC(=O)c1cncc(C(O)C(O)CC(=O)O)c1. The Morgan fingerprint density at radius 1 is 1.39 bits per heavy atom. The summed E-state index contributed by atoms with van der Waals surface area (Å²) in [6, 6.07) is 1.27. The quantitative estimate of drug-likeness (QED) is 0.246. The molecule has 0 aliphatic heterocycles. The van der Waals surface area contributed by atoms with Crippen LogP contribution in [0.4, 0.5) is 0 Å². The summed E-state index contributed by atoms with van der Waals surface area (Å²) in [5.41, 5.74) is 2.12. The minimum atomic E-state index is -1.49.